The molecule has 0 spiro atoms. The summed E-state index contributed by atoms with van der Waals surface area (Å²) in [7, 11) is 0. The fourth-order valence-corrected chi connectivity index (χ4v) is 3.87. The third-order valence-corrected chi connectivity index (χ3v) is 5.21. The summed E-state index contributed by atoms with van der Waals surface area (Å²) < 4.78 is 0. The molecule has 1 atom stereocenters. The Bertz CT molecular complexity index is 904. The quantitative estimate of drug-likeness (QED) is 0.694. The molecule has 6 heteroatoms. The number of carbonyl (C=O) groups is 1. The van der Waals surface area contributed by atoms with Gasteiger partial charge >= 0.3 is 0 Å². The molecule has 0 bridgehead atoms. The Labute approximate surface area is 155 Å². The van der Waals surface area contributed by atoms with Crippen LogP contribution < -0.4 is 0 Å². The molecular weight excluding hydrogens is 357 g/mol. The normalized spacial score (nSPS) is 17.8. The molecule has 1 aliphatic heterocycles. The van der Waals surface area contributed by atoms with Crippen molar-refractivity contribution >= 4 is 40.1 Å². The minimum absolute atomic E-state index is 0.0533. The number of likely N-dealkylation sites (tertiary alicyclic amines) is 1. The van der Waals surface area contributed by atoms with Crippen LogP contribution in [0.3, 0.4) is 0 Å². The molecule has 1 N–H and O–H groups in total. The van der Waals surface area contributed by atoms with E-state index in [1.54, 1.807) is 18.2 Å². The number of halogens is 2. The molecule has 2 heterocycles. The Morgan fingerprint density at radius 3 is 2.84 bits per heavy atom. The van der Waals surface area contributed by atoms with E-state index < -0.39 is 0 Å². The molecule has 0 radical (unpaired) electrons. The van der Waals surface area contributed by atoms with E-state index in [9.17, 15) is 4.79 Å². The van der Waals surface area contributed by atoms with Gasteiger partial charge in [0.15, 0.2) is 0 Å². The smallest absolute Gasteiger partial charge is 0.255 e. The lowest BCUT2D eigenvalue weighted by Gasteiger charge is -2.32. The first-order valence-corrected chi connectivity index (χ1v) is 9.06. The van der Waals surface area contributed by atoms with Crippen LogP contribution in [0.5, 0.6) is 0 Å². The van der Waals surface area contributed by atoms with E-state index in [0.717, 1.165) is 36.2 Å². The number of piperidine rings is 1. The van der Waals surface area contributed by atoms with Crippen molar-refractivity contribution in [1.82, 2.24) is 14.9 Å². The zero-order valence-electron chi connectivity index (χ0n) is 13.5. The van der Waals surface area contributed by atoms with Crippen LogP contribution in [-0.4, -0.2) is 33.9 Å². The summed E-state index contributed by atoms with van der Waals surface area (Å²) in [5, 5.41) is 0.920. The molecule has 2 aromatic carbocycles. The lowest BCUT2D eigenvalue weighted by molar-refractivity contribution is 0.0705. The van der Waals surface area contributed by atoms with Crippen molar-refractivity contribution in [2.24, 2.45) is 0 Å². The van der Waals surface area contributed by atoms with Crippen molar-refractivity contribution in [3.63, 3.8) is 0 Å². The van der Waals surface area contributed by atoms with Crippen molar-refractivity contribution in [3.05, 3.63) is 63.9 Å². The maximum atomic E-state index is 12.8. The average Bonchev–Trinajstić information content (AvgIpc) is 3.05. The Morgan fingerprint density at radius 1 is 1.20 bits per heavy atom. The molecular formula is C19H17Cl2N3O. The maximum absolute atomic E-state index is 12.8. The minimum Gasteiger partial charge on any atom is -0.342 e. The SMILES string of the molecule is O=C(c1ccc(Cl)cc1Cl)N1CCC[C@@H](c2nc3ccccc3[nH]2)C1. The highest BCUT2D eigenvalue weighted by atomic mass is 35.5. The highest BCUT2D eigenvalue weighted by Gasteiger charge is 2.28. The van der Waals surface area contributed by atoms with E-state index in [-0.39, 0.29) is 11.8 Å². The number of benzene rings is 2. The van der Waals surface area contributed by atoms with Crippen molar-refractivity contribution < 1.29 is 4.79 Å². The molecule has 0 saturated carbocycles. The standard InChI is InChI=1S/C19H17Cl2N3O/c20-13-7-8-14(15(21)10-13)19(25)24-9-3-4-12(11-24)18-22-16-5-1-2-6-17(16)23-18/h1-2,5-8,10,12H,3-4,9,11H2,(H,22,23)/t12-/m1/s1. The summed E-state index contributed by atoms with van der Waals surface area (Å²) in [6.07, 6.45) is 1.95. The maximum Gasteiger partial charge on any atom is 0.255 e. The Balaban J connectivity index is 1.57. The number of hydrogen-bond donors (Lipinski definition) is 1. The number of nitrogens with one attached hydrogen (secondary N) is 1. The molecule has 1 aliphatic rings. The Morgan fingerprint density at radius 2 is 2.04 bits per heavy atom. The van der Waals surface area contributed by atoms with Crippen molar-refractivity contribution in [3.8, 4) is 0 Å². The third-order valence-electron chi connectivity index (χ3n) is 4.66. The number of imidazole rings is 1. The molecule has 1 fully saturated rings. The van der Waals surface area contributed by atoms with Crippen LogP contribution in [0.25, 0.3) is 11.0 Å². The fraction of sp³-hybridized carbons (Fsp3) is 0.263. The third kappa shape index (κ3) is 3.24. The van der Waals surface area contributed by atoms with Gasteiger partial charge in [-0.15, -0.1) is 0 Å². The molecule has 128 valence electrons. The van der Waals surface area contributed by atoms with Gasteiger partial charge in [-0.2, -0.15) is 0 Å². The highest BCUT2D eigenvalue weighted by Crippen LogP contribution is 2.29. The Hall–Kier alpha value is -2.04. The van der Waals surface area contributed by atoms with Crippen molar-refractivity contribution in [1.29, 1.82) is 0 Å². The van der Waals surface area contributed by atoms with E-state index in [4.69, 9.17) is 28.2 Å². The number of nitrogens with zero attached hydrogens (tertiary/aromatic N) is 2. The summed E-state index contributed by atoms with van der Waals surface area (Å²) in [5.41, 5.74) is 2.49. The van der Waals surface area contributed by atoms with E-state index in [1.165, 1.54) is 0 Å². The van der Waals surface area contributed by atoms with Gasteiger partial charge < -0.3 is 9.88 Å². The van der Waals surface area contributed by atoms with Crippen LogP contribution in [0.15, 0.2) is 42.5 Å². The summed E-state index contributed by atoms with van der Waals surface area (Å²) in [6.45, 7) is 1.37. The van der Waals surface area contributed by atoms with Crippen LogP contribution in [0, 0.1) is 0 Å². The van der Waals surface area contributed by atoms with E-state index in [0.29, 0.717) is 22.2 Å². The van der Waals surface area contributed by atoms with Crippen LogP contribution in [0.1, 0.15) is 34.9 Å². The molecule has 4 nitrogen and oxygen atoms in total. The second-order valence-electron chi connectivity index (χ2n) is 6.35. The number of carbonyl (C=O) groups excluding carboxylic acids is 1. The van der Waals surface area contributed by atoms with Gasteiger partial charge in [-0.25, -0.2) is 4.98 Å². The molecule has 0 aliphatic carbocycles. The number of rotatable bonds is 2. The van der Waals surface area contributed by atoms with Gasteiger partial charge in [-0.3, -0.25) is 4.79 Å². The first-order valence-electron chi connectivity index (χ1n) is 8.31. The molecule has 4 rings (SSSR count). The summed E-state index contributed by atoms with van der Waals surface area (Å²) in [6, 6.07) is 13.0. The van der Waals surface area contributed by atoms with Gasteiger partial charge in [0.05, 0.1) is 21.6 Å². The van der Waals surface area contributed by atoms with Gasteiger partial charge in [-0.1, -0.05) is 35.3 Å². The predicted molar refractivity (Wildman–Crippen MR) is 100 cm³/mol. The molecule has 1 aromatic heterocycles. The van der Waals surface area contributed by atoms with Crippen LogP contribution >= 0.6 is 23.2 Å². The molecule has 0 unspecified atom stereocenters. The predicted octanol–water partition coefficient (Wildman–Crippen LogP) is 4.89. The van der Waals surface area contributed by atoms with Crippen LogP contribution in [-0.2, 0) is 0 Å². The van der Waals surface area contributed by atoms with Gasteiger partial charge in [0.2, 0.25) is 0 Å². The second kappa shape index (κ2) is 6.70. The molecule has 25 heavy (non-hydrogen) atoms. The van der Waals surface area contributed by atoms with Crippen LogP contribution in [0.4, 0.5) is 0 Å². The first-order chi connectivity index (χ1) is 12.1. The van der Waals surface area contributed by atoms with Gasteiger partial charge in [0, 0.05) is 24.0 Å². The number of hydrogen-bond acceptors (Lipinski definition) is 2. The number of para-hydroxylation sites is 2. The fourth-order valence-electron chi connectivity index (χ4n) is 3.38. The largest absolute Gasteiger partial charge is 0.342 e. The van der Waals surface area contributed by atoms with E-state index in [2.05, 4.69) is 4.98 Å². The number of H-pyrrole nitrogens is 1. The Kier molecular flexibility index (Phi) is 4.40. The number of amides is 1. The van der Waals surface area contributed by atoms with Crippen molar-refractivity contribution in [2.45, 2.75) is 18.8 Å². The summed E-state index contributed by atoms with van der Waals surface area (Å²) in [4.78, 5) is 22.8. The van der Waals surface area contributed by atoms with E-state index >= 15 is 0 Å². The summed E-state index contributed by atoms with van der Waals surface area (Å²) >= 11 is 12.1. The lowest BCUT2D eigenvalue weighted by Crippen LogP contribution is -2.39. The first kappa shape index (κ1) is 16.4. The van der Waals surface area contributed by atoms with Gasteiger partial charge in [0.25, 0.3) is 5.91 Å². The summed E-state index contributed by atoms with van der Waals surface area (Å²) in [5.74, 6) is 1.10. The monoisotopic (exact) mass is 373 g/mol. The highest BCUT2D eigenvalue weighted by molar-refractivity contribution is 6.36. The number of fused-ring (bicyclic) bond motifs is 1. The molecule has 3 aromatic rings. The zero-order valence-corrected chi connectivity index (χ0v) is 15.0. The number of aromatic nitrogens is 2. The topological polar surface area (TPSA) is 49.0 Å². The zero-order chi connectivity index (χ0) is 17.4. The van der Waals surface area contributed by atoms with Crippen molar-refractivity contribution in [2.75, 3.05) is 13.1 Å². The average molecular weight is 374 g/mol. The lowest BCUT2D eigenvalue weighted by atomic mass is 9.96. The second-order valence-corrected chi connectivity index (χ2v) is 7.20. The van der Waals surface area contributed by atoms with E-state index in [1.807, 2.05) is 29.2 Å². The van der Waals surface area contributed by atoms with Gasteiger partial charge in [-0.05, 0) is 43.2 Å². The van der Waals surface area contributed by atoms with Crippen LogP contribution in [0.2, 0.25) is 10.0 Å². The molecule has 1 amide bonds. The molecule has 1 saturated heterocycles. The van der Waals surface area contributed by atoms with Gasteiger partial charge in [0.1, 0.15) is 5.82 Å². The minimum atomic E-state index is -0.0533. The number of aromatic amines is 1.